The lowest BCUT2D eigenvalue weighted by Crippen LogP contribution is -1.90. The summed E-state index contributed by atoms with van der Waals surface area (Å²) in [5.41, 5.74) is 6.95. The van der Waals surface area contributed by atoms with Crippen LogP contribution in [0.25, 0.3) is 65.8 Å². The van der Waals surface area contributed by atoms with Gasteiger partial charge in [0.1, 0.15) is 0 Å². The zero-order chi connectivity index (χ0) is 29.3. The molecule has 0 aliphatic rings. The number of nitrogens with one attached hydrogen (secondary N) is 1. The second-order valence-corrected chi connectivity index (χ2v) is 9.69. The molecular formula is C39H35N3. The van der Waals surface area contributed by atoms with Crippen molar-refractivity contribution >= 4 is 38.5 Å². The zero-order valence-corrected chi connectivity index (χ0v) is 24.4. The van der Waals surface area contributed by atoms with Gasteiger partial charge in [-0.1, -0.05) is 112 Å². The van der Waals surface area contributed by atoms with Crippen LogP contribution in [-0.2, 0) is 0 Å². The lowest BCUT2D eigenvalue weighted by atomic mass is 9.87. The first-order valence-electron chi connectivity index (χ1n) is 14.6. The third-order valence-corrected chi connectivity index (χ3v) is 7.26. The Labute approximate surface area is 248 Å². The quantitative estimate of drug-likeness (QED) is 0.173. The first-order chi connectivity index (χ1) is 20.8. The summed E-state index contributed by atoms with van der Waals surface area (Å²) in [6.45, 7) is 6.04. The fraction of sp³-hybridized carbons (Fsp3) is 0.103. The van der Waals surface area contributed by atoms with E-state index in [0.717, 1.165) is 23.2 Å². The number of pyridine rings is 2. The van der Waals surface area contributed by atoms with Crippen molar-refractivity contribution in [1.29, 1.82) is 5.41 Å². The van der Waals surface area contributed by atoms with E-state index < -0.39 is 0 Å². The number of allylic oxidation sites excluding steroid dienone is 2. The molecule has 0 atom stereocenters. The zero-order valence-electron chi connectivity index (χ0n) is 24.4. The topological polar surface area (TPSA) is 49.6 Å². The van der Waals surface area contributed by atoms with Crippen molar-refractivity contribution in [3.63, 3.8) is 0 Å². The van der Waals surface area contributed by atoms with Gasteiger partial charge in [0.05, 0.1) is 5.69 Å². The molecule has 0 amide bonds. The van der Waals surface area contributed by atoms with E-state index >= 15 is 0 Å². The molecule has 3 nitrogen and oxygen atoms in total. The maximum atomic E-state index is 6.49. The summed E-state index contributed by atoms with van der Waals surface area (Å²) in [6, 6.07) is 36.9. The van der Waals surface area contributed by atoms with Crippen molar-refractivity contribution in [3.8, 4) is 33.5 Å². The predicted octanol–water partition coefficient (Wildman–Crippen LogP) is 11.0. The molecule has 0 fully saturated rings. The van der Waals surface area contributed by atoms with Crippen molar-refractivity contribution in [2.45, 2.75) is 27.2 Å². The highest BCUT2D eigenvalue weighted by Crippen LogP contribution is 2.42. The second kappa shape index (κ2) is 13.5. The van der Waals surface area contributed by atoms with Crippen LogP contribution in [0, 0.1) is 5.41 Å². The molecule has 0 spiro atoms. The van der Waals surface area contributed by atoms with Gasteiger partial charge in [0, 0.05) is 35.9 Å². The Bertz CT molecular complexity index is 1920. The molecule has 206 valence electrons. The highest BCUT2D eigenvalue weighted by molar-refractivity contribution is 6.27. The summed E-state index contributed by atoms with van der Waals surface area (Å²) in [5.74, 6) is 0. The van der Waals surface area contributed by atoms with Crippen LogP contribution >= 0.6 is 0 Å². The fourth-order valence-electron chi connectivity index (χ4n) is 5.38. The average molecular weight is 546 g/mol. The van der Waals surface area contributed by atoms with E-state index in [4.69, 9.17) is 5.41 Å². The second-order valence-electron chi connectivity index (χ2n) is 9.69. The van der Waals surface area contributed by atoms with Crippen molar-refractivity contribution in [2.75, 3.05) is 0 Å². The van der Waals surface area contributed by atoms with Gasteiger partial charge < -0.3 is 5.41 Å². The van der Waals surface area contributed by atoms with Gasteiger partial charge in [0.15, 0.2) is 0 Å². The van der Waals surface area contributed by atoms with Crippen molar-refractivity contribution in [3.05, 3.63) is 134 Å². The smallest absolute Gasteiger partial charge is 0.0701 e. The van der Waals surface area contributed by atoms with Crippen LogP contribution in [0.2, 0.25) is 0 Å². The number of aromatic nitrogens is 2. The van der Waals surface area contributed by atoms with Gasteiger partial charge >= 0.3 is 0 Å². The fourth-order valence-corrected chi connectivity index (χ4v) is 5.38. The summed E-state index contributed by atoms with van der Waals surface area (Å²) in [4.78, 5) is 8.83. The molecule has 0 unspecified atom stereocenters. The van der Waals surface area contributed by atoms with E-state index in [2.05, 4.69) is 88.8 Å². The van der Waals surface area contributed by atoms with Crippen LogP contribution in [0.4, 0.5) is 0 Å². The van der Waals surface area contributed by atoms with Crippen LogP contribution in [-0.4, -0.2) is 16.2 Å². The first-order valence-corrected chi connectivity index (χ1v) is 14.6. The molecule has 0 saturated heterocycles. The van der Waals surface area contributed by atoms with Crippen LogP contribution in [0.3, 0.4) is 0 Å². The largest absolute Gasteiger partial charge is 0.309 e. The molecular weight excluding hydrogens is 510 g/mol. The van der Waals surface area contributed by atoms with Crippen molar-refractivity contribution < 1.29 is 0 Å². The van der Waals surface area contributed by atoms with Crippen LogP contribution in [0.1, 0.15) is 27.2 Å². The molecule has 2 aromatic heterocycles. The lowest BCUT2D eigenvalue weighted by molar-refractivity contribution is 1.23. The minimum absolute atomic E-state index is 0.993. The van der Waals surface area contributed by atoms with Gasteiger partial charge in [-0.25, -0.2) is 0 Å². The highest BCUT2D eigenvalue weighted by atomic mass is 14.7. The maximum absolute atomic E-state index is 6.49. The van der Waals surface area contributed by atoms with Gasteiger partial charge in [-0.3, -0.25) is 9.97 Å². The molecule has 3 heteroatoms. The van der Waals surface area contributed by atoms with Crippen LogP contribution in [0.15, 0.2) is 134 Å². The normalized spacial score (nSPS) is 10.8. The third-order valence-electron chi connectivity index (χ3n) is 7.26. The molecule has 1 N–H and O–H groups in total. The number of hydrogen-bond acceptors (Lipinski definition) is 3. The van der Waals surface area contributed by atoms with Gasteiger partial charge in [-0.15, -0.1) is 0 Å². The van der Waals surface area contributed by atoms with E-state index in [0.29, 0.717) is 0 Å². The van der Waals surface area contributed by atoms with E-state index in [1.807, 2.05) is 69.7 Å². The minimum Gasteiger partial charge on any atom is -0.309 e. The van der Waals surface area contributed by atoms with Gasteiger partial charge in [0.2, 0.25) is 0 Å². The average Bonchev–Trinajstić information content (AvgIpc) is 3.08. The van der Waals surface area contributed by atoms with E-state index in [1.165, 1.54) is 55.2 Å². The van der Waals surface area contributed by atoms with Crippen LogP contribution < -0.4 is 0 Å². The summed E-state index contributed by atoms with van der Waals surface area (Å²) < 4.78 is 0. The van der Waals surface area contributed by atoms with E-state index in [-0.39, 0.29) is 0 Å². The summed E-state index contributed by atoms with van der Waals surface area (Å²) in [6.07, 6.45) is 11.6. The van der Waals surface area contributed by atoms with Gasteiger partial charge in [0.25, 0.3) is 0 Å². The number of hydrogen-bond donors (Lipinski definition) is 1. The summed E-state index contributed by atoms with van der Waals surface area (Å²) in [7, 11) is 0. The SMILES string of the molecule is CC.CC/C=C\C=N.c1ccc(-c2ccc(-c3ccc4ccc5c(-c6cccnc6)ccc6ccc3c4c65)cc2)nc1. The molecule has 0 aliphatic carbocycles. The molecule has 42 heavy (non-hydrogen) atoms. The Morgan fingerprint density at radius 3 is 1.76 bits per heavy atom. The van der Waals surface area contributed by atoms with E-state index in [9.17, 15) is 0 Å². The van der Waals surface area contributed by atoms with E-state index in [1.54, 1.807) is 6.08 Å². The lowest BCUT2D eigenvalue weighted by Gasteiger charge is -2.16. The highest BCUT2D eigenvalue weighted by Gasteiger charge is 2.15. The Kier molecular flexibility index (Phi) is 9.10. The van der Waals surface area contributed by atoms with Gasteiger partial charge in [-0.2, -0.15) is 0 Å². The molecule has 2 heterocycles. The predicted molar refractivity (Wildman–Crippen MR) is 182 cm³/mol. The standard InChI is InChI=1S/C32H20N2.C5H9N.C2H6/c1-2-19-34-30(5-1)22-8-6-21(7-9-22)26-14-10-23-13-17-29-27(25-4-3-18-33-20-25)15-11-24-12-16-28(26)31(23)32(24)29;1-2-3-4-5-6;1-2/h1-20H;3-6H,2H2,1H3;1-2H3/b;4-3-,6-5?;. The molecule has 0 saturated carbocycles. The van der Waals surface area contributed by atoms with Crippen molar-refractivity contribution in [1.82, 2.24) is 9.97 Å². The Morgan fingerprint density at radius 2 is 1.24 bits per heavy atom. The number of rotatable bonds is 5. The summed E-state index contributed by atoms with van der Waals surface area (Å²) in [5, 5.41) is 14.2. The Morgan fingerprint density at radius 1 is 0.619 bits per heavy atom. The van der Waals surface area contributed by atoms with Crippen molar-refractivity contribution in [2.24, 2.45) is 0 Å². The molecule has 7 rings (SSSR count). The molecule has 0 bridgehead atoms. The monoisotopic (exact) mass is 545 g/mol. The minimum atomic E-state index is 0.993. The molecule has 0 aliphatic heterocycles. The Hall–Kier alpha value is -5.15. The molecule has 5 aromatic carbocycles. The molecule has 0 radical (unpaired) electrons. The Balaban J connectivity index is 0.000000396. The number of nitrogens with zero attached hydrogens (tertiary/aromatic N) is 2. The van der Waals surface area contributed by atoms with Crippen LogP contribution in [0.5, 0.6) is 0 Å². The maximum Gasteiger partial charge on any atom is 0.0701 e. The third kappa shape index (κ3) is 5.68. The summed E-state index contributed by atoms with van der Waals surface area (Å²) >= 11 is 0. The molecule has 7 aromatic rings. The first kappa shape index (κ1) is 28.4. The number of benzene rings is 5. The van der Waals surface area contributed by atoms with Gasteiger partial charge in [-0.05, 0) is 79.7 Å².